The van der Waals surface area contributed by atoms with Crippen molar-refractivity contribution in [3.63, 3.8) is 0 Å². The fourth-order valence-corrected chi connectivity index (χ4v) is 8.25. The molecule has 6 heteroatoms. The first-order chi connectivity index (χ1) is 26.4. The standard InChI is InChI=1S/C48H30O6/c49-44-43(45(50)47(52)48(53)46(44)51)41-33-18-8-6-16-31(33)39(32-17-7-9-19-34(32)41)28-24-27-14-4-5-15-29(27)36(25-28)40-30(26-12-2-1-3-13-26)22-23-38-42(40)35-20-10-11-21-37(35)54-38/h1-25,49-53H. The number of rotatable bonds is 4. The minimum atomic E-state index is -1.00. The summed E-state index contributed by atoms with van der Waals surface area (Å²) < 4.78 is 6.45. The highest BCUT2D eigenvalue weighted by Gasteiger charge is 2.28. The molecule has 1 heterocycles. The van der Waals surface area contributed by atoms with E-state index in [-0.39, 0.29) is 5.56 Å². The highest BCUT2D eigenvalue weighted by Crippen LogP contribution is 2.58. The molecule has 0 aliphatic rings. The van der Waals surface area contributed by atoms with E-state index in [1.165, 1.54) is 0 Å². The van der Waals surface area contributed by atoms with Crippen LogP contribution in [0, 0.1) is 0 Å². The number of benzene rings is 9. The van der Waals surface area contributed by atoms with Gasteiger partial charge in [-0.15, -0.1) is 0 Å². The number of phenols is 5. The second kappa shape index (κ2) is 11.8. The van der Waals surface area contributed by atoms with Crippen LogP contribution in [0.15, 0.2) is 156 Å². The van der Waals surface area contributed by atoms with Gasteiger partial charge in [-0.2, -0.15) is 0 Å². The molecular formula is C48H30O6. The zero-order chi connectivity index (χ0) is 36.7. The first-order valence-electron chi connectivity index (χ1n) is 17.6. The lowest BCUT2D eigenvalue weighted by molar-refractivity contribution is 0.330. The molecule has 0 saturated heterocycles. The molecule has 0 fully saturated rings. The van der Waals surface area contributed by atoms with Gasteiger partial charge in [-0.1, -0.05) is 127 Å². The normalized spacial score (nSPS) is 11.7. The number of fused-ring (bicyclic) bond motifs is 6. The second-order valence-corrected chi connectivity index (χ2v) is 13.5. The second-order valence-electron chi connectivity index (χ2n) is 13.5. The third kappa shape index (κ3) is 4.47. The summed E-state index contributed by atoms with van der Waals surface area (Å²) in [7, 11) is 0. The third-order valence-corrected chi connectivity index (χ3v) is 10.6. The van der Waals surface area contributed by atoms with Crippen LogP contribution >= 0.6 is 0 Å². The van der Waals surface area contributed by atoms with Crippen molar-refractivity contribution in [1.29, 1.82) is 0 Å². The van der Waals surface area contributed by atoms with E-state index in [9.17, 15) is 25.5 Å². The van der Waals surface area contributed by atoms with Crippen LogP contribution in [-0.4, -0.2) is 25.5 Å². The zero-order valence-corrected chi connectivity index (χ0v) is 28.6. The van der Waals surface area contributed by atoms with E-state index < -0.39 is 28.7 Å². The first kappa shape index (κ1) is 31.3. The fourth-order valence-electron chi connectivity index (χ4n) is 8.25. The van der Waals surface area contributed by atoms with E-state index in [1.54, 1.807) is 0 Å². The van der Waals surface area contributed by atoms with Crippen LogP contribution in [0.25, 0.3) is 98.8 Å². The van der Waals surface area contributed by atoms with Gasteiger partial charge < -0.3 is 29.9 Å². The van der Waals surface area contributed by atoms with Crippen molar-refractivity contribution in [1.82, 2.24) is 0 Å². The molecule has 0 bridgehead atoms. The van der Waals surface area contributed by atoms with E-state index in [2.05, 4.69) is 60.7 Å². The Morgan fingerprint density at radius 2 is 0.833 bits per heavy atom. The average molecular weight is 703 g/mol. The summed E-state index contributed by atoms with van der Waals surface area (Å²) in [6.07, 6.45) is 0. The maximum Gasteiger partial charge on any atom is 0.208 e. The van der Waals surface area contributed by atoms with Crippen molar-refractivity contribution >= 4 is 54.3 Å². The Morgan fingerprint density at radius 1 is 0.315 bits per heavy atom. The van der Waals surface area contributed by atoms with Gasteiger partial charge in [-0.05, 0) is 84.4 Å². The Hall–Kier alpha value is -7.44. The van der Waals surface area contributed by atoms with Crippen LogP contribution in [0.4, 0.5) is 0 Å². The summed E-state index contributed by atoms with van der Waals surface area (Å²) in [5.74, 6) is -4.34. The molecule has 0 aliphatic heterocycles. The molecule has 6 nitrogen and oxygen atoms in total. The van der Waals surface area contributed by atoms with Crippen LogP contribution < -0.4 is 0 Å². The van der Waals surface area contributed by atoms with Gasteiger partial charge >= 0.3 is 0 Å². The summed E-state index contributed by atoms with van der Waals surface area (Å²) in [6, 6.07) is 50.8. The van der Waals surface area contributed by atoms with Crippen LogP contribution in [0.5, 0.6) is 28.7 Å². The van der Waals surface area contributed by atoms with Gasteiger partial charge in [0.25, 0.3) is 0 Å². The van der Waals surface area contributed by atoms with Crippen molar-refractivity contribution in [3.8, 4) is 73.3 Å². The molecule has 54 heavy (non-hydrogen) atoms. The quantitative estimate of drug-likeness (QED) is 0.0708. The molecule has 0 spiro atoms. The summed E-state index contributed by atoms with van der Waals surface area (Å²) in [6.45, 7) is 0. The fraction of sp³-hybridized carbons (Fsp3) is 0. The van der Waals surface area contributed by atoms with Crippen LogP contribution in [-0.2, 0) is 0 Å². The SMILES string of the molecule is Oc1c(O)c(O)c(-c2c3ccccc3c(-c3cc(-c4c(-c5ccccc5)ccc5oc6ccccc6c45)c4ccccc4c3)c3ccccc23)c(O)c1O. The lowest BCUT2D eigenvalue weighted by atomic mass is 9.82. The van der Waals surface area contributed by atoms with Crippen LogP contribution in [0.2, 0.25) is 0 Å². The smallest absolute Gasteiger partial charge is 0.208 e. The maximum absolute atomic E-state index is 11.2. The zero-order valence-electron chi connectivity index (χ0n) is 28.6. The molecule has 0 atom stereocenters. The average Bonchev–Trinajstić information content (AvgIpc) is 3.60. The molecule has 0 saturated carbocycles. The highest BCUT2D eigenvalue weighted by atomic mass is 16.4. The number of para-hydroxylation sites is 1. The van der Waals surface area contributed by atoms with E-state index in [4.69, 9.17) is 4.42 Å². The predicted molar refractivity (Wildman–Crippen MR) is 216 cm³/mol. The minimum Gasteiger partial charge on any atom is -0.504 e. The van der Waals surface area contributed by atoms with Gasteiger partial charge in [0, 0.05) is 21.9 Å². The predicted octanol–water partition coefficient (Wildman–Crippen LogP) is 12.2. The van der Waals surface area contributed by atoms with Crippen LogP contribution in [0.1, 0.15) is 0 Å². The monoisotopic (exact) mass is 702 g/mol. The van der Waals surface area contributed by atoms with E-state index in [1.807, 2.05) is 91.0 Å². The van der Waals surface area contributed by atoms with Crippen molar-refractivity contribution in [2.24, 2.45) is 0 Å². The topological polar surface area (TPSA) is 114 Å². The van der Waals surface area contributed by atoms with Gasteiger partial charge in [-0.3, -0.25) is 0 Å². The maximum atomic E-state index is 11.2. The van der Waals surface area contributed by atoms with Crippen molar-refractivity contribution in [2.45, 2.75) is 0 Å². The van der Waals surface area contributed by atoms with Crippen molar-refractivity contribution in [3.05, 3.63) is 152 Å². The van der Waals surface area contributed by atoms with E-state index in [0.717, 1.165) is 76.9 Å². The summed E-state index contributed by atoms with van der Waals surface area (Å²) >= 11 is 0. The lowest BCUT2D eigenvalue weighted by Crippen LogP contribution is -1.94. The van der Waals surface area contributed by atoms with Crippen LogP contribution in [0.3, 0.4) is 0 Å². The summed E-state index contributed by atoms with van der Waals surface area (Å²) in [5, 5.41) is 61.0. The molecule has 0 unspecified atom stereocenters. The molecule has 0 amide bonds. The highest BCUT2D eigenvalue weighted by molar-refractivity contribution is 6.24. The number of hydrogen-bond donors (Lipinski definition) is 5. The molecule has 10 aromatic rings. The Balaban J connectivity index is 1.36. The van der Waals surface area contributed by atoms with Gasteiger partial charge in [0.05, 0.1) is 5.56 Å². The van der Waals surface area contributed by atoms with Gasteiger partial charge in [-0.25, -0.2) is 0 Å². The van der Waals surface area contributed by atoms with Gasteiger partial charge in [0.2, 0.25) is 17.2 Å². The number of aromatic hydroxyl groups is 5. The molecule has 1 aromatic heterocycles. The summed E-state index contributed by atoms with van der Waals surface area (Å²) in [4.78, 5) is 0. The van der Waals surface area contributed by atoms with Gasteiger partial charge in [0.15, 0.2) is 11.5 Å². The van der Waals surface area contributed by atoms with E-state index in [0.29, 0.717) is 16.3 Å². The Bertz CT molecular complexity index is 3070. The minimum absolute atomic E-state index is 0.188. The third-order valence-electron chi connectivity index (χ3n) is 10.6. The molecule has 0 aliphatic carbocycles. The Morgan fingerprint density at radius 3 is 1.48 bits per heavy atom. The van der Waals surface area contributed by atoms with Crippen molar-refractivity contribution in [2.75, 3.05) is 0 Å². The van der Waals surface area contributed by atoms with Gasteiger partial charge in [0.1, 0.15) is 11.2 Å². The Labute approximate surface area is 308 Å². The van der Waals surface area contributed by atoms with Crippen molar-refractivity contribution < 1.29 is 29.9 Å². The molecule has 9 aromatic carbocycles. The first-order valence-corrected chi connectivity index (χ1v) is 17.6. The lowest BCUT2D eigenvalue weighted by Gasteiger charge is -2.21. The molecule has 5 N–H and O–H groups in total. The number of phenolic OH excluding ortho intramolecular Hbond substituents is 5. The number of hydrogen-bond acceptors (Lipinski definition) is 6. The molecule has 0 radical (unpaired) electrons. The largest absolute Gasteiger partial charge is 0.504 e. The molecule has 258 valence electrons. The van der Waals surface area contributed by atoms with E-state index >= 15 is 0 Å². The Kier molecular flexibility index (Phi) is 6.84. The summed E-state index contributed by atoms with van der Waals surface area (Å²) in [5.41, 5.74) is 7.90. The number of furan rings is 1. The molecular weight excluding hydrogens is 673 g/mol. The molecule has 10 rings (SSSR count).